The van der Waals surface area contributed by atoms with Gasteiger partial charge in [0.15, 0.2) is 0 Å². The van der Waals surface area contributed by atoms with Crippen LogP contribution in [0.1, 0.15) is 24.8 Å². The lowest BCUT2D eigenvalue weighted by Gasteiger charge is -2.34. The third-order valence-electron chi connectivity index (χ3n) is 3.49. The molecule has 0 aliphatic carbocycles. The van der Waals surface area contributed by atoms with E-state index in [1.54, 1.807) is 0 Å². The quantitative estimate of drug-likeness (QED) is 0.924. The van der Waals surface area contributed by atoms with Gasteiger partial charge in [-0.05, 0) is 37.9 Å². The predicted octanol–water partition coefficient (Wildman–Crippen LogP) is 2.89. The molecule has 2 N–H and O–H groups in total. The van der Waals surface area contributed by atoms with Crippen molar-refractivity contribution in [3.05, 3.63) is 35.9 Å². The molecule has 1 heterocycles. The monoisotopic (exact) mass is 290 g/mol. The molecular weight excluding hydrogens is 267 g/mol. The molecule has 104 valence electrons. The fourth-order valence-corrected chi connectivity index (χ4v) is 2.53. The van der Waals surface area contributed by atoms with Crippen LogP contribution in [-0.2, 0) is 6.42 Å². The van der Waals surface area contributed by atoms with E-state index in [4.69, 9.17) is 5.73 Å². The molecule has 1 aromatic carbocycles. The molecule has 1 unspecified atom stereocenters. The summed E-state index contributed by atoms with van der Waals surface area (Å²) in [5.41, 5.74) is 7.32. The highest BCUT2D eigenvalue weighted by Gasteiger charge is 2.19. The number of hydrogen-bond acceptors (Lipinski definition) is 2. The fraction of sp³-hybridized carbons (Fsp3) is 0.571. The Hall–Kier alpha value is -0.280. The van der Waals surface area contributed by atoms with Gasteiger partial charge in [0.25, 0.3) is 0 Å². The largest absolute Gasteiger partial charge is 0.329 e. The van der Waals surface area contributed by atoms with Crippen LogP contribution in [0.2, 0.25) is 0 Å². The van der Waals surface area contributed by atoms with Gasteiger partial charge in [0, 0.05) is 12.6 Å². The molecule has 0 saturated carbocycles. The first kappa shape index (κ1) is 17.7. The number of hydrogen-bond donors (Lipinski definition) is 1. The van der Waals surface area contributed by atoms with Crippen LogP contribution in [-0.4, -0.2) is 30.6 Å². The Balaban J connectivity index is 0.00000144. The van der Waals surface area contributed by atoms with Crippen LogP contribution in [0.5, 0.6) is 0 Å². The Kier molecular flexibility index (Phi) is 9.47. The zero-order valence-corrected chi connectivity index (χ0v) is 12.4. The highest BCUT2D eigenvalue weighted by Crippen LogP contribution is 2.15. The van der Waals surface area contributed by atoms with Gasteiger partial charge < -0.3 is 5.73 Å². The molecule has 1 fully saturated rings. The lowest BCUT2D eigenvalue weighted by Crippen LogP contribution is -2.44. The first-order chi connectivity index (χ1) is 7.90. The Labute approximate surface area is 123 Å². The average Bonchev–Trinajstić information content (AvgIpc) is 2.38. The highest BCUT2D eigenvalue weighted by molar-refractivity contribution is 5.85. The van der Waals surface area contributed by atoms with Crippen LogP contribution in [0.3, 0.4) is 0 Å². The summed E-state index contributed by atoms with van der Waals surface area (Å²) in [5.74, 6) is 0. The number of nitrogens with zero attached hydrogens (tertiary/aromatic N) is 1. The van der Waals surface area contributed by atoms with Gasteiger partial charge in [-0.25, -0.2) is 0 Å². The summed E-state index contributed by atoms with van der Waals surface area (Å²) >= 11 is 0. The van der Waals surface area contributed by atoms with Gasteiger partial charge in [-0.3, -0.25) is 4.90 Å². The van der Waals surface area contributed by atoms with E-state index in [2.05, 4.69) is 35.2 Å². The molecule has 0 amide bonds. The lowest BCUT2D eigenvalue weighted by atomic mass is 10.0. The Morgan fingerprint density at radius 1 is 1.00 bits per heavy atom. The van der Waals surface area contributed by atoms with E-state index in [1.807, 2.05) is 0 Å². The van der Waals surface area contributed by atoms with E-state index in [1.165, 1.54) is 37.9 Å². The highest BCUT2D eigenvalue weighted by atomic mass is 35.5. The number of likely N-dealkylation sites (tertiary alicyclic amines) is 1. The first-order valence-electron chi connectivity index (χ1n) is 6.38. The second-order valence-corrected chi connectivity index (χ2v) is 4.68. The van der Waals surface area contributed by atoms with E-state index < -0.39 is 0 Å². The minimum Gasteiger partial charge on any atom is -0.329 e. The number of halogens is 2. The van der Waals surface area contributed by atoms with Crippen molar-refractivity contribution in [3.63, 3.8) is 0 Å². The van der Waals surface area contributed by atoms with E-state index in [-0.39, 0.29) is 24.8 Å². The zero-order valence-electron chi connectivity index (χ0n) is 10.8. The van der Waals surface area contributed by atoms with E-state index >= 15 is 0 Å². The van der Waals surface area contributed by atoms with Gasteiger partial charge in [0.2, 0.25) is 0 Å². The summed E-state index contributed by atoms with van der Waals surface area (Å²) in [6.45, 7) is 3.23. The second kappa shape index (κ2) is 9.62. The molecule has 1 saturated heterocycles. The first-order valence-corrected chi connectivity index (χ1v) is 6.38. The van der Waals surface area contributed by atoms with Crippen molar-refractivity contribution in [3.8, 4) is 0 Å². The summed E-state index contributed by atoms with van der Waals surface area (Å²) in [6, 6.07) is 11.2. The Morgan fingerprint density at radius 3 is 2.17 bits per heavy atom. The van der Waals surface area contributed by atoms with Gasteiger partial charge in [-0.15, -0.1) is 24.8 Å². The van der Waals surface area contributed by atoms with Crippen molar-refractivity contribution in [2.45, 2.75) is 31.7 Å². The van der Waals surface area contributed by atoms with Crippen molar-refractivity contribution in [2.75, 3.05) is 19.6 Å². The van der Waals surface area contributed by atoms with Crippen LogP contribution in [0.25, 0.3) is 0 Å². The van der Waals surface area contributed by atoms with Crippen LogP contribution >= 0.6 is 24.8 Å². The van der Waals surface area contributed by atoms with Gasteiger partial charge in [-0.2, -0.15) is 0 Å². The molecule has 0 bridgehead atoms. The summed E-state index contributed by atoms with van der Waals surface area (Å²) in [4.78, 5) is 2.57. The SMILES string of the molecule is Cl.Cl.NCC(Cc1ccccc1)N1CCCCC1. The number of rotatable bonds is 4. The molecule has 4 heteroatoms. The summed E-state index contributed by atoms with van der Waals surface area (Å²) in [7, 11) is 0. The standard InChI is InChI=1S/C14H22N2.2ClH/c15-12-14(16-9-5-2-6-10-16)11-13-7-3-1-4-8-13;;/h1,3-4,7-8,14H,2,5-6,9-12,15H2;2*1H. The molecule has 0 aromatic heterocycles. The molecule has 0 radical (unpaired) electrons. The van der Waals surface area contributed by atoms with Crippen molar-refractivity contribution in [1.82, 2.24) is 4.90 Å². The van der Waals surface area contributed by atoms with Gasteiger partial charge in [-0.1, -0.05) is 36.8 Å². The third kappa shape index (κ3) is 5.15. The van der Waals surface area contributed by atoms with E-state index in [9.17, 15) is 0 Å². The second-order valence-electron chi connectivity index (χ2n) is 4.68. The van der Waals surface area contributed by atoms with E-state index in [0.29, 0.717) is 6.04 Å². The van der Waals surface area contributed by atoms with Crippen LogP contribution in [0.15, 0.2) is 30.3 Å². The van der Waals surface area contributed by atoms with Crippen LogP contribution in [0, 0.1) is 0 Å². The van der Waals surface area contributed by atoms with Gasteiger partial charge in [0.05, 0.1) is 0 Å². The molecule has 1 aliphatic rings. The molecule has 1 aliphatic heterocycles. The zero-order chi connectivity index (χ0) is 11.2. The number of nitrogens with two attached hydrogens (primary N) is 1. The summed E-state index contributed by atoms with van der Waals surface area (Å²) < 4.78 is 0. The van der Waals surface area contributed by atoms with Crippen LogP contribution in [0.4, 0.5) is 0 Å². The normalized spacial score (nSPS) is 17.4. The number of benzene rings is 1. The van der Waals surface area contributed by atoms with Crippen molar-refractivity contribution < 1.29 is 0 Å². The maximum absolute atomic E-state index is 5.91. The maximum Gasteiger partial charge on any atom is 0.0258 e. The Morgan fingerprint density at radius 2 is 1.61 bits per heavy atom. The molecule has 18 heavy (non-hydrogen) atoms. The molecule has 1 aromatic rings. The minimum absolute atomic E-state index is 0. The molecule has 2 nitrogen and oxygen atoms in total. The third-order valence-corrected chi connectivity index (χ3v) is 3.49. The van der Waals surface area contributed by atoms with Crippen molar-refractivity contribution in [2.24, 2.45) is 5.73 Å². The minimum atomic E-state index is 0. The Bertz CT molecular complexity index is 300. The van der Waals surface area contributed by atoms with Crippen molar-refractivity contribution in [1.29, 1.82) is 0 Å². The smallest absolute Gasteiger partial charge is 0.0258 e. The summed E-state index contributed by atoms with van der Waals surface area (Å²) in [6.07, 6.45) is 5.16. The topological polar surface area (TPSA) is 29.3 Å². The molecular formula is C14H24Cl2N2. The lowest BCUT2D eigenvalue weighted by molar-refractivity contribution is 0.166. The van der Waals surface area contributed by atoms with Crippen molar-refractivity contribution >= 4 is 24.8 Å². The molecule has 0 spiro atoms. The molecule has 1 atom stereocenters. The summed E-state index contributed by atoms with van der Waals surface area (Å²) in [5, 5.41) is 0. The van der Waals surface area contributed by atoms with Gasteiger partial charge >= 0.3 is 0 Å². The average molecular weight is 291 g/mol. The maximum atomic E-state index is 5.91. The molecule has 2 rings (SSSR count). The van der Waals surface area contributed by atoms with Crippen LogP contribution < -0.4 is 5.73 Å². The fourth-order valence-electron chi connectivity index (χ4n) is 2.53. The van der Waals surface area contributed by atoms with E-state index in [0.717, 1.165) is 13.0 Å². The number of piperidine rings is 1. The predicted molar refractivity (Wildman–Crippen MR) is 82.9 cm³/mol. The van der Waals surface area contributed by atoms with Gasteiger partial charge in [0.1, 0.15) is 0 Å².